The van der Waals surface area contributed by atoms with Crippen LogP contribution in [0.25, 0.3) is 0 Å². The number of hydrogen-bond acceptors (Lipinski definition) is 3. The number of nitrogens with zero attached hydrogens (tertiary/aromatic N) is 1. The minimum atomic E-state index is 0.0287. The first-order valence-corrected chi connectivity index (χ1v) is 5.65. The first-order valence-electron chi connectivity index (χ1n) is 5.65. The van der Waals surface area contributed by atoms with E-state index < -0.39 is 0 Å². The van der Waals surface area contributed by atoms with Crippen molar-refractivity contribution in [3.63, 3.8) is 0 Å². The average molecular weight is 237 g/mol. The van der Waals surface area contributed by atoms with Crippen molar-refractivity contribution >= 4 is 5.91 Å². The third-order valence-electron chi connectivity index (χ3n) is 2.87. The Morgan fingerprint density at radius 2 is 1.94 bits per heavy atom. The summed E-state index contributed by atoms with van der Waals surface area (Å²) in [4.78, 5) is 12.6. The fraction of sp³-hybridized carbons (Fsp3) is 0.462. The minimum Gasteiger partial charge on any atom is -0.508 e. The van der Waals surface area contributed by atoms with Crippen LogP contribution in [0.15, 0.2) is 12.1 Å². The molecule has 0 atom stereocenters. The average Bonchev–Trinajstić information content (AvgIpc) is 2.25. The number of hydrogen-bond donors (Lipinski definition) is 2. The van der Waals surface area contributed by atoms with Crippen molar-refractivity contribution in [3.05, 3.63) is 23.3 Å². The molecule has 0 fully saturated rings. The van der Waals surface area contributed by atoms with Gasteiger partial charge in [0.05, 0.1) is 0 Å². The Morgan fingerprint density at radius 1 is 1.29 bits per heavy atom. The van der Waals surface area contributed by atoms with Crippen LogP contribution in [-0.2, 0) is 11.2 Å². The van der Waals surface area contributed by atoms with Crippen molar-refractivity contribution in [1.29, 1.82) is 0 Å². The Kier molecular flexibility index (Phi) is 4.37. The number of phenolic OH excluding ortho intramolecular Hbond substituents is 2. The molecule has 1 amide bonds. The number of carbonyl (C=O) groups is 1. The van der Waals surface area contributed by atoms with Crippen LogP contribution in [-0.4, -0.2) is 34.6 Å². The van der Waals surface area contributed by atoms with Crippen LogP contribution in [0.2, 0.25) is 0 Å². The van der Waals surface area contributed by atoms with Gasteiger partial charge in [-0.3, -0.25) is 4.79 Å². The number of carbonyl (C=O) groups excluding carboxylic acids is 1. The van der Waals surface area contributed by atoms with E-state index in [0.717, 1.165) is 6.42 Å². The van der Waals surface area contributed by atoms with E-state index in [1.807, 2.05) is 0 Å². The molecule has 0 aromatic heterocycles. The summed E-state index contributed by atoms with van der Waals surface area (Å²) in [5.74, 6) is 0.421. The number of benzene rings is 1. The Balaban J connectivity index is 2.58. The molecule has 0 spiro atoms. The zero-order valence-electron chi connectivity index (χ0n) is 10.5. The van der Waals surface area contributed by atoms with Crippen LogP contribution in [0.4, 0.5) is 0 Å². The zero-order chi connectivity index (χ0) is 13.0. The Morgan fingerprint density at radius 3 is 2.53 bits per heavy atom. The molecule has 0 bridgehead atoms. The number of aryl methyl sites for hydroxylation is 2. The van der Waals surface area contributed by atoms with Gasteiger partial charge in [-0.25, -0.2) is 0 Å². The van der Waals surface area contributed by atoms with Crippen molar-refractivity contribution < 1.29 is 15.0 Å². The maximum Gasteiger partial charge on any atom is 0.219 e. The highest BCUT2D eigenvalue weighted by Gasteiger charge is 2.07. The van der Waals surface area contributed by atoms with Crippen molar-refractivity contribution in [2.75, 3.05) is 13.6 Å². The molecule has 1 aromatic rings. The molecule has 0 aliphatic carbocycles. The molecule has 0 unspecified atom stereocenters. The van der Waals surface area contributed by atoms with Crippen LogP contribution < -0.4 is 0 Å². The standard InChI is InChI=1S/C13H19NO3/c1-9-7-13(17)11(8-12(9)16)5-4-6-14(3)10(2)15/h7-8,16-17H,4-6H2,1-3H3. The molecule has 17 heavy (non-hydrogen) atoms. The van der Waals surface area contributed by atoms with E-state index in [1.54, 1.807) is 31.0 Å². The Hall–Kier alpha value is -1.71. The third kappa shape index (κ3) is 3.66. The number of rotatable bonds is 4. The van der Waals surface area contributed by atoms with Crippen LogP contribution >= 0.6 is 0 Å². The van der Waals surface area contributed by atoms with Crippen LogP contribution in [0, 0.1) is 6.92 Å². The lowest BCUT2D eigenvalue weighted by molar-refractivity contribution is -0.127. The van der Waals surface area contributed by atoms with E-state index in [-0.39, 0.29) is 17.4 Å². The van der Waals surface area contributed by atoms with Gasteiger partial charge in [0.15, 0.2) is 0 Å². The van der Waals surface area contributed by atoms with Crippen LogP contribution in [0.3, 0.4) is 0 Å². The first kappa shape index (κ1) is 13.4. The minimum absolute atomic E-state index is 0.0287. The van der Waals surface area contributed by atoms with E-state index in [2.05, 4.69) is 0 Å². The molecule has 0 radical (unpaired) electrons. The fourth-order valence-corrected chi connectivity index (χ4v) is 1.59. The summed E-state index contributed by atoms with van der Waals surface area (Å²) in [7, 11) is 1.74. The summed E-state index contributed by atoms with van der Waals surface area (Å²) >= 11 is 0. The van der Waals surface area contributed by atoms with Crippen LogP contribution in [0.1, 0.15) is 24.5 Å². The van der Waals surface area contributed by atoms with Crippen molar-refractivity contribution in [2.45, 2.75) is 26.7 Å². The van der Waals surface area contributed by atoms with Gasteiger partial charge in [0.2, 0.25) is 5.91 Å². The maximum absolute atomic E-state index is 11.0. The van der Waals surface area contributed by atoms with Gasteiger partial charge in [-0.05, 0) is 43.0 Å². The second-order valence-electron chi connectivity index (χ2n) is 4.31. The molecular weight excluding hydrogens is 218 g/mol. The van der Waals surface area contributed by atoms with Gasteiger partial charge in [0.1, 0.15) is 11.5 Å². The number of amides is 1. The lowest BCUT2D eigenvalue weighted by Gasteiger charge is -2.14. The predicted octanol–water partition coefficient (Wildman–Crippen LogP) is 1.82. The largest absolute Gasteiger partial charge is 0.508 e. The lowest BCUT2D eigenvalue weighted by Crippen LogP contribution is -2.25. The molecule has 0 saturated carbocycles. The van der Waals surface area contributed by atoms with Gasteiger partial charge in [-0.2, -0.15) is 0 Å². The second-order valence-corrected chi connectivity index (χ2v) is 4.31. The summed E-state index contributed by atoms with van der Waals surface area (Å²) in [5.41, 5.74) is 1.37. The van der Waals surface area contributed by atoms with Crippen molar-refractivity contribution in [2.24, 2.45) is 0 Å². The molecule has 4 nitrogen and oxygen atoms in total. The zero-order valence-corrected chi connectivity index (χ0v) is 10.5. The summed E-state index contributed by atoms with van der Waals surface area (Å²) in [6, 6.07) is 3.14. The smallest absolute Gasteiger partial charge is 0.219 e. The molecule has 0 heterocycles. The summed E-state index contributed by atoms with van der Waals surface area (Å²) < 4.78 is 0. The van der Waals surface area contributed by atoms with E-state index in [0.29, 0.717) is 24.1 Å². The van der Waals surface area contributed by atoms with Crippen LogP contribution in [0.5, 0.6) is 11.5 Å². The van der Waals surface area contributed by atoms with E-state index in [1.165, 1.54) is 6.92 Å². The summed E-state index contributed by atoms with van der Waals surface area (Å²) in [6.45, 7) is 3.90. The second kappa shape index (κ2) is 5.57. The molecule has 94 valence electrons. The number of aromatic hydroxyl groups is 2. The third-order valence-corrected chi connectivity index (χ3v) is 2.87. The van der Waals surface area contributed by atoms with E-state index >= 15 is 0 Å². The highest BCUT2D eigenvalue weighted by molar-refractivity contribution is 5.72. The normalized spacial score (nSPS) is 10.3. The van der Waals surface area contributed by atoms with Gasteiger partial charge in [0.25, 0.3) is 0 Å². The van der Waals surface area contributed by atoms with Gasteiger partial charge < -0.3 is 15.1 Å². The topological polar surface area (TPSA) is 60.8 Å². The fourth-order valence-electron chi connectivity index (χ4n) is 1.59. The van der Waals surface area contributed by atoms with Crippen molar-refractivity contribution in [3.8, 4) is 11.5 Å². The van der Waals surface area contributed by atoms with Gasteiger partial charge >= 0.3 is 0 Å². The molecule has 4 heteroatoms. The summed E-state index contributed by atoms with van der Waals surface area (Å²) in [5, 5.41) is 19.2. The number of phenols is 2. The first-order chi connectivity index (χ1) is 7.91. The van der Waals surface area contributed by atoms with Crippen molar-refractivity contribution in [1.82, 2.24) is 4.90 Å². The van der Waals surface area contributed by atoms with Gasteiger partial charge in [0, 0.05) is 20.5 Å². The van der Waals surface area contributed by atoms with E-state index in [9.17, 15) is 15.0 Å². The highest BCUT2D eigenvalue weighted by Crippen LogP contribution is 2.27. The van der Waals surface area contributed by atoms with Gasteiger partial charge in [-0.15, -0.1) is 0 Å². The molecule has 0 aliphatic rings. The Labute approximate surface area is 101 Å². The molecule has 1 aromatic carbocycles. The molecule has 0 saturated heterocycles. The lowest BCUT2D eigenvalue weighted by atomic mass is 10.1. The quantitative estimate of drug-likeness (QED) is 0.785. The molecule has 2 N–H and O–H groups in total. The Bertz CT molecular complexity index is 415. The van der Waals surface area contributed by atoms with Gasteiger partial charge in [-0.1, -0.05) is 0 Å². The molecule has 0 aliphatic heterocycles. The monoisotopic (exact) mass is 237 g/mol. The van der Waals surface area contributed by atoms with E-state index in [4.69, 9.17) is 0 Å². The molecule has 1 rings (SSSR count). The molecular formula is C13H19NO3. The highest BCUT2D eigenvalue weighted by atomic mass is 16.3. The maximum atomic E-state index is 11.0. The predicted molar refractivity (Wildman–Crippen MR) is 66.1 cm³/mol. The SMILES string of the molecule is CC(=O)N(C)CCCc1cc(O)c(C)cc1O. The summed E-state index contributed by atoms with van der Waals surface area (Å²) in [6.07, 6.45) is 1.39.